The maximum atomic E-state index is 13.8. The van der Waals surface area contributed by atoms with Crippen LogP contribution in [-0.2, 0) is 16.1 Å². The number of hydrogen-bond donors (Lipinski definition) is 1. The number of fused-ring (bicyclic) bond motifs is 1. The average molecular weight is 465 g/mol. The predicted molar refractivity (Wildman–Crippen MR) is 118 cm³/mol. The van der Waals surface area contributed by atoms with Gasteiger partial charge in [-0.05, 0) is 37.6 Å². The van der Waals surface area contributed by atoms with E-state index in [-0.39, 0.29) is 18.2 Å². The van der Waals surface area contributed by atoms with Gasteiger partial charge in [0.25, 0.3) is 0 Å². The van der Waals surface area contributed by atoms with E-state index in [1.807, 2.05) is 42.7 Å². The van der Waals surface area contributed by atoms with Gasteiger partial charge in [0.05, 0.1) is 29.0 Å². The molecule has 0 fully saturated rings. The van der Waals surface area contributed by atoms with E-state index in [0.29, 0.717) is 24.7 Å². The summed E-state index contributed by atoms with van der Waals surface area (Å²) >= 11 is 1.27. The Labute approximate surface area is 187 Å². The monoisotopic (exact) mass is 464 g/mol. The highest BCUT2D eigenvalue weighted by Crippen LogP contribution is 2.24. The quantitative estimate of drug-likeness (QED) is 0.376. The number of benzene rings is 2. The Morgan fingerprint density at radius 3 is 2.56 bits per heavy atom. The fourth-order valence-corrected chi connectivity index (χ4v) is 4.22. The molecule has 10 heteroatoms. The molecule has 0 radical (unpaired) electrons. The molecular formula is C22H23F3N4O2S. The number of imidazole rings is 1. The molecule has 1 N–H and O–H groups in total. The third-order valence-corrected chi connectivity index (χ3v) is 5.71. The summed E-state index contributed by atoms with van der Waals surface area (Å²) in [6.07, 6.45) is 0.608. The summed E-state index contributed by atoms with van der Waals surface area (Å²) in [5.41, 5.74) is 1.33. The first-order valence-electron chi connectivity index (χ1n) is 10.1. The summed E-state index contributed by atoms with van der Waals surface area (Å²) in [5.74, 6) is -5.43. The SMILES string of the molecule is CCCN(CC(=O)Nc1ccc(F)c(F)c1F)C(=O)CSc1nc2ccccc2n1CC. The number of carbonyl (C=O) groups excluding carboxylic acids is 2. The van der Waals surface area contributed by atoms with E-state index in [0.717, 1.165) is 23.2 Å². The van der Waals surface area contributed by atoms with Crippen LogP contribution in [-0.4, -0.2) is 45.1 Å². The molecule has 3 rings (SSSR count). The molecule has 0 bridgehead atoms. The molecule has 170 valence electrons. The van der Waals surface area contributed by atoms with Crippen molar-refractivity contribution in [1.82, 2.24) is 14.5 Å². The van der Waals surface area contributed by atoms with Crippen molar-refractivity contribution in [1.29, 1.82) is 0 Å². The number of carbonyl (C=O) groups is 2. The van der Waals surface area contributed by atoms with Crippen molar-refractivity contribution >= 4 is 40.3 Å². The fraction of sp³-hybridized carbons (Fsp3) is 0.318. The summed E-state index contributed by atoms with van der Waals surface area (Å²) in [6.45, 7) is 4.52. The smallest absolute Gasteiger partial charge is 0.244 e. The van der Waals surface area contributed by atoms with E-state index in [1.54, 1.807) is 0 Å². The first kappa shape index (κ1) is 23.6. The summed E-state index contributed by atoms with van der Waals surface area (Å²) in [5, 5.41) is 2.89. The van der Waals surface area contributed by atoms with Gasteiger partial charge in [-0.25, -0.2) is 18.2 Å². The van der Waals surface area contributed by atoms with Gasteiger partial charge < -0.3 is 14.8 Å². The Balaban J connectivity index is 1.66. The van der Waals surface area contributed by atoms with E-state index in [9.17, 15) is 22.8 Å². The first-order chi connectivity index (χ1) is 15.3. The topological polar surface area (TPSA) is 67.2 Å². The van der Waals surface area contributed by atoms with Crippen molar-refractivity contribution in [2.24, 2.45) is 0 Å². The molecule has 0 unspecified atom stereocenters. The maximum Gasteiger partial charge on any atom is 0.244 e. The standard InChI is InChI=1S/C22H23F3N4O2S/c1-3-11-28(12-18(30)26-16-10-9-14(23)20(24)21(16)25)19(31)13-32-22-27-15-7-5-6-8-17(15)29(22)4-2/h5-10H,3-4,11-13H2,1-2H3,(H,26,30). The molecular weight excluding hydrogens is 441 g/mol. The van der Waals surface area contributed by atoms with Gasteiger partial charge in [0.1, 0.15) is 0 Å². The summed E-state index contributed by atoms with van der Waals surface area (Å²) in [4.78, 5) is 31.0. The number of amides is 2. The second-order valence-electron chi connectivity index (χ2n) is 7.00. The Morgan fingerprint density at radius 2 is 1.84 bits per heavy atom. The number of para-hydroxylation sites is 2. The summed E-state index contributed by atoms with van der Waals surface area (Å²) in [7, 11) is 0. The molecule has 0 aliphatic carbocycles. The van der Waals surface area contributed by atoms with Crippen molar-refractivity contribution < 1.29 is 22.8 Å². The van der Waals surface area contributed by atoms with E-state index < -0.39 is 29.0 Å². The molecule has 3 aromatic rings. The van der Waals surface area contributed by atoms with Gasteiger partial charge in [-0.15, -0.1) is 0 Å². The highest BCUT2D eigenvalue weighted by molar-refractivity contribution is 7.99. The second-order valence-corrected chi connectivity index (χ2v) is 7.94. The van der Waals surface area contributed by atoms with Crippen LogP contribution in [0.4, 0.5) is 18.9 Å². The van der Waals surface area contributed by atoms with Gasteiger partial charge in [0.2, 0.25) is 11.8 Å². The molecule has 0 saturated carbocycles. The molecule has 0 spiro atoms. The molecule has 32 heavy (non-hydrogen) atoms. The number of nitrogens with one attached hydrogen (secondary N) is 1. The van der Waals surface area contributed by atoms with Crippen LogP contribution in [0.2, 0.25) is 0 Å². The summed E-state index contributed by atoms with van der Waals surface area (Å²) < 4.78 is 42.3. The van der Waals surface area contributed by atoms with E-state index in [4.69, 9.17) is 0 Å². The average Bonchev–Trinajstić information content (AvgIpc) is 3.15. The summed E-state index contributed by atoms with van der Waals surface area (Å²) in [6, 6.07) is 9.34. The number of aryl methyl sites for hydroxylation is 1. The lowest BCUT2D eigenvalue weighted by Gasteiger charge is -2.21. The minimum Gasteiger partial charge on any atom is -0.333 e. The van der Waals surface area contributed by atoms with Crippen molar-refractivity contribution in [2.45, 2.75) is 32.0 Å². The lowest BCUT2D eigenvalue weighted by Crippen LogP contribution is -2.39. The Bertz CT molecular complexity index is 1140. The zero-order valence-corrected chi connectivity index (χ0v) is 18.5. The largest absolute Gasteiger partial charge is 0.333 e. The molecule has 0 aliphatic heterocycles. The maximum absolute atomic E-state index is 13.8. The van der Waals surface area contributed by atoms with Crippen LogP contribution in [0, 0.1) is 17.5 Å². The van der Waals surface area contributed by atoms with E-state index >= 15 is 0 Å². The highest BCUT2D eigenvalue weighted by Gasteiger charge is 2.20. The number of aromatic nitrogens is 2. The second kappa shape index (κ2) is 10.5. The Hall–Kier alpha value is -3.01. The molecule has 0 atom stereocenters. The number of thioether (sulfide) groups is 1. The zero-order valence-electron chi connectivity index (χ0n) is 17.7. The van der Waals surface area contributed by atoms with Crippen LogP contribution in [0.25, 0.3) is 11.0 Å². The minimum absolute atomic E-state index is 0.0656. The Kier molecular flexibility index (Phi) is 7.79. The molecule has 2 aromatic carbocycles. The lowest BCUT2D eigenvalue weighted by atomic mass is 10.2. The third kappa shape index (κ3) is 5.24. The fourth-order valence-electron chi connectivity index (χ4n) is 3.23. The van der Waals surface area contributed by atoms with Gasteiger partial charge in [-0.3, -0.25) is 9.59 Å². The van der Waals surface area contributed by atoms with Crippen molar-refractivity contribution in [3.63, 3.8) is 0 Å². The number of anilines is 1. The number of nitrogens with zero attached hydrogens (tertiary/aromatic N) is 3. The van der Waals surface area contributed by atoms with E-state index in [1.165, 1.54) is 16.7 Å². The van der Waals surface area contributed by atoms with Crippen LogP contribution in [0.3, 0.4) is 0 Å². The van der Waals surface area contributed by atoms with Gasteiger partial charge in [-0.2, -0.15) is 0 Å². The van der Waals surface area contributed by atoms with Crippen molar-refractivity contribution in [3.8, 4) is 0 Å². The molecule has 1 heterocycles. The molecule has 6 nitrogen and oxygen atoms in total. The first-order valence-corrected chi connectivity index (χ1v) is 11.1. The van der Waals surface area contributed by atoms with Gasteiger partial charge in [0.15, 0.2) is 22.6 Å². The molecule has 2 amide bonds. The highest BCUT2D eigenvalue weighted by atomic mass is 32.2. The van der Waals surface area contributed by atoms with Crippen LogP contribution < -0.4 is 5.32 Å². The van der Waals surface area contributed by atoms with E-state index in [2.05, 4.69) is 10.3 Å². The normalized spacial score (nSPS) is 11.0. The zero-order chi connectivity index (χ0) is 23.3. The van der Waals surface area contributed by atoms with Crippen LogP contribution >= 0.6 is 11.8 Å². The number of halogens is 3. The van der Waals surface area contributed by atoms with Gasteiger partial charge in [0, 0.05) is 13.1 Å². The predicted octanol–water partition coefficient (Wildman–Crippen LogP) is 4.44. The van der Waals surface area contributed by atoms with Crippen LogP contribution in [0.5, 0.6) is 0 Å². The van der Waals surface area contributed by atoms with Gasteiger partial charge in [-0.1, -0.05) is 30.8 Å². The molecule has 0 saturated heterocycles. The van der Waals surface area contributed by atoms with Gasteiger partial charge >= 0.3 is 0 Å². The van der Waals surface area contributed by atoms with Crippen LogP contribution in [0.15, 0.2) is 41.6 Å². The van der Waals surface area contributed by atoms with Crippen molar-refractivity contribution in [3.05, 3.63) is 53.8 Å². The van der Waals surface area contributed by atoms with Crippen LogP contribution in [0.1, 0.15) is 20.3 Å². The molecule has 0 aliphatic rings. The lowest BCUT2D eigenvalue weighted by molar-refractivity contribution is -0.132. The van der Waals surface area contributed by atoms with Crippen molar-refractivity contribution in [2.75, 3.05) is 24.2 Å². The number of hydrogen-bond acceptors (Lipinski definition) is 4. The molecule has 1 aromatic heterocycles. The minimum atomic E-state index is -1.67. The Morgan fingerprint density at radius 1 is 1.09 bits per heavy atom. The third-order valence-electron chi connectivity index (χ3n) is 4.75. The number of rotatable bonds is 9.